The lowest BCUT2D eigenvalue weighted by molar-refractivity contribution is -0.123. The third-order valence-corrected chi connectivity index (χ3v) is 3.02. The highest BCUT2D eigenvalue weighted by Crippen LogP contribution is 2.24. The van der Waals surface area contributed by atoms with Crippen molar-refractivity contribution in [1.29, 1.82) is 0 Å². The summed E-state index contributed by atoms with van der Waals surface area (Å²) in [6.45, 7) is 0.367. The van der Waals surface area contributed by atoms with Gasteiger partial charge in [0.05, 0.1) is 5.02 Å². The van der Waals surface area contributed by atoms with Gasteiger partial charge in [0.1, 0.15) is 17.4 Å². The van der Waals surface area contributed by atoms with E-state index in [1.807, 2.05) is 0 Å². The van der Waals surface area contributed by atoms with Crippen LogP contribution in [-0.2, 0) is 11.2 Å². The summed E-state index contributed by atoms with van der Waals surface area (Å²) in [6.07, 6.45) is 4.98. The number of aromatic amines is 1. The first-order chi connectivity index (χ1) is 10.1. The lowest BCUT2D eigenvalue weighted by atomic mass is 10.3. The molecule has 2 rings (SSSR count). The van der Waals surface area contributed by atoms with E-state index in [-0.39, 0.29) is 23.3 Å². The van der Waals surface area contributed by atoms with Gasteiger partial charge in [0.25, 0.3) is 5.91 Å². The van der Waals surface area contributed by atoms with Crippen LogP contribution in [0.4, 0.5) is 4.39 Å². The molecular weight excluding hydrogens is 297 g/mol. The second-order valence-electron chi connectivity index (χ2n) is 4.35. The minimum atomic E-state index is -0.449. The predicted molar refractivity (Wildman–Crippen MR) is 76.8 cm³/mol. The number of aryl methyl sites for hydroxylation is 1. The van der Waals surface area contributed by atoms with Crippen LogP contribution in [0.15, 0.2) is 30.6 Å². The Hall–Kier alpha value is -2.08. The van der Waals surface area contributed by atoms with Crippen molar-refractivity contribution in [3.8, 4) is 5.75 Å². The number of nitrogens with one attached hydrogen (secondary N) is 2. The summed E-state index contributed by atoms with van der Waals surface area (Å²) in [6, 6.07) is 3.75. The molecule has 0 aliphatic heterocycles. The number of hydrogen-bond acceptors (Lipinski definition) is 3. The molecule has 5 nitrogen and oxygen atoms in total. The standard InChI is InChI=1S/C14H15ClFN3O2/c15-11-8-10(16)3-4-12(11)21-9-14(20)19-5-1-2-13-17-6-7-18-13/h3-4,6-8H,1-2,5,9H2,(H,17,18)(H,19,20). The first kappa shape index (κ1) is 15.3. The van der Waals surface area contributed by atoms with Gasteiger partial charge < -0.3 is 15.0 Å². The third-order valence-electron chi connectivity index (χ3n) is 2.72. The first-order valence-electron chi connectivity index (χ1n) is 6.48. The number of amides is 1. The fraction of sp³-hybridized carbons (Fsp3) is 0.286. The number of carbonyl (C=O) groups is 1. The van der Waals surface area contributed by atoms with Crippen molar-refractivity contribution in [2.24, 2.45) is 0 Å². The van der Waals surface area contributed by atoms with E-state index >= 15 is 0 Å². The zero-order valence-corrected chi connectivity index (χ0v) is 12.0. The van der Waals surface area contributed by atoms with Crippen molar-refractivity contribution in [3.63, 3.8) is 0 Å². The number of aromatic nitrogens is 2. The molecule has 0 aliphatic rings. The van der Waals surface area contributed by atoms with Crippen molar-refractivity contribution in [2.75, 3.05) is 13.2 Å². The van der Waals surface area contributed by atoms with Gasteiger partial charge in [-0.05, 0) is 24.6 Å². The minimum Gasteiger partial charge on any atom is -0.482 e. The highest BCUT2D eigenvalue weighted by atomic mass is 35.5. The lowest BCUT2D eigenvalue weighted by Gasteiger charge is -2.08. The van der Waals surface area contributed by atoms with E-state index in [0.29, 0.717) is 6.54 Å². The van der Waals surface area contributed by atoms with E-state index in [2.05, 4.69) is 15.3 Å². The molecule has 2 aromatic rings. The fourth-order valence-corrected chi connectivity index (χ4v) is 1.93. The average Bonchev–Trinajstić information content (AvgIpc) is 2.96. The molecule has 1 aromatic heterocycles. The number of imidazole rings is 1. The van der Waals surface area contributed by atoms with Crippen LogP contribution in [0.5, 0.6) is 5.75 Å². The van der Waals surface area contributed by atoms with Gasteiger partial charge in [-0.25, -0.2) is 9.37 Å². The molecule has 0 radical (unpaired) electrons. The van der Waals surface area contributed by atoms with Crippen molar-refractivity contribution in [1.82, 2.24) is 15.3 Å². The molecule has 0 unspecified atom stereocenters. The van der Waals surface area contributed by atoms with Gasteiger partial charge in [0.15, 0.2) is 6.61 Å². The van der Waals surface area contributed by atoms with Crippen LogP contribution in [0.3, 0.4) is 0 Å². The molecule has 7 heteroatoms. The summed E-state index contributed by atoms with van der Waals surface area (Å²) in [5.74, 6) is 0.465. The average molecular weight is 312 g/mol. The minimum absolute atomic E-state index is 0.139. The Labute approximate surface area is 126 Å². The summed E-state index contributed by atoms with van der Waals surface area (Å²) in [5.41, 5.74) is 0. The molecule has 0 atom stereocenters. The maximum Gasteiger partial charge on any atom is 0.257 e. The van der Waals surface area contributed by atoms with Crippen LogP contribution >= 0.6 is 11.6 Å². The monoisotopic (exact) mass is 311 g/mol. The van der Waals surface area contributed by atoms with E-state index in [1.54, 1.807) is 12.4 Å². The second kappa shape index (κ2) is 7.64. The molecule has 0 saturated heterocycles. The number of carbonyl (C=O) groups excluding carboxylic acids is 1. The Kier molecular flexibility index (Phi) is 5.57. The van der Waals surface area contributed by atoms with Crippen LogP contribution in [0, 0.1) is 5.82 Å². The molecule has 112 valence electrons. The summed E-state index contributed by atoms with van der Waals surface area (Å²) in [4.78, 5) is 18.7. The number of halogens is 2. The Balaban J connectivity index is 1.65. The number of benzene rings is 1. The van der Waals surface area contributed by atoms with Gasteiger partial charge in [-0.3, -0.25) is 4.79 Å². The quantitative estimate of drug-likeness (QED) is 0.771. The number of rotatable bonds is 7. The number of ether oxygens (including phenoxy) is 1. The molecule has 0 fully saturated rings. The van der Waals surface area contributed by atoms with E-state index in [0.717, 1.165) is 24.7 Å². The highest BCUT2D eigenvalue weighted by molar-refractivity contribution is 6.32. The van der Waals surface area contributed by atoms with Gasteiger partial charge in [-0.1, -0.05) is 11.6 Å². The third kappa shape index (κ3) is 5.07. The normalized spacial score (nSPS) is 10.4. The number of nitrogens with zero attached hydrogens (tertiary/aromatic N) is 1. The summed E-state index contributed by atoms with van der Waals surface area (Å²) >= 11 is 5.79. The van der Waals surface area contributed by atoms with Crippen molar-refractivity contribution in [2.45, 2.75) is 12.8 Å². The first-order valence-corrected chi connectivity index (χ1v) is 6.86. The maximum atomic E-state index is 12.8. The zero-order valence-electron chi connectivity index (χ0n) is 11.2. The summed E-state index contributed by atoms with van der Waals surface area (Å²) < 4.78 is 18.1. The number of hydrogen-bond donors (Lipinski definition) is 2. The van der Waals surface area contributed by atoms with Gasteiger partial charge in [0, 0.05) is 25.4 Å². The van der Waals surface area contributed by atoms with Crippen molar-refractivity contribution in [3.05, 3.63) is 47.3 Å². The van der Waals surface area contributed by atoms with Gasteiger partial charge in [-0.15, -0.1) is 0 Å². The van der Waals surface area contributed by atoms with Crippen LogP contribution in [-0.4, -0.2) is 29.0 Å². The summed E-state index contributed by atoms with van der Waals surface area (Å²) in [5, 5.41) is 2.86. The SMILES string of the molecule is O=C(COc1ccc(F)cc1Cl)NCCCc1ncc[nH]1. The molecule has 1 heterocycles. The van der Waals surface area contributed by atoms with E-state index in [1.165, 1.54) is 12.1 Å². The van der Waals surface area contributed by atoms with Crippen LogP contribution in [0.2, 0.25) is 5.02 Å². The van der Waals surface area contributed by atoms with Gasteiger partial charge in [0.2, 0.25) is 0 Å². The Morgan fingerprint density at radius 3 is 3.05 bits per heavy atom. The fourth-order valence-electron chi connectivity index (χ4n) is 1.70. The molecule has 21 heavy (non-hydrogen) atoms. The Bertz CT molecular complexity index is 590. The van der Waals surface area contributed by atoms with E-state index in [9.17, 15) is 9.18 Å². The van der Waals surface area contributed by atoms with Crippen LogP contribution < -0.4 is 10.1 Å². The largest absolute Gasteiger partial charge is 0.482 e. The zero-order chi connectivity index (χ0) is 15.1. The summed E-state index contributed by atoms with van der Waals surface area (Å²) in [7, 11) is 0. The molecular formula is C14H15ClFN3O2. The molecule has 1 aromatic carbocycles. The highest BCUT2D eigenvalue weighted by Gasteiger charge is 2.06. The topological polar surface area (TPSA) is 67.0 Å². The Morgan fingerprint density at radius 2 is 2.33 bits per heavy atom. The second-order valence-corrected chi connectivity index (χ2v) is 4.76. The lowest BCUT2D eigenvalue weighted by Crippen LogP contribution is -2.30. The molecule has 0 spiro atoms. The van der Waals surface area contributed by atoms with Crippen LogP contribution in [0.25, 0.3) is 0 Å². The van der Waals surface area contributed by atoms with Crippen molar-refractivity contribution >= 4 is 17.5 Å². The van der Waals surface area contributed by atoms with E-state index in [4.69, 9.17) is 16.3 Å². The molecule has 1 amide bonds. The van der Waals surface area contributed by atoms with Crippen LogP contribution in [0.1, 0.15) is 12.2 Å². The van der Waals surface area contributed by atoms with Crippen molar-refractivity contribution < 1.29 is 13.9 Å². The number of H-pyrrole nitrogens is 1. The maximum absolute atomic E-state index is 12.8. The molecule has 0 aliphatic carbocycles. The van der Waals surface area contributed by atoms with Gasteiger partial charge >= 0.3 is 0 Å². The van der Waals surface area contributed by atoms with E-state index < -0.39 is 5.82 Å². The van der Waals surface area contributed by atoms with Gasteiger partial charge in [-0.2, -0.15) is 0 Å². The Morgan fingerprint density at radius 1 is 1.48 bits per heavy atom. The molecule has 2 N–H and O–H groups in total. The molecule has 0 bridgehead atoms. The molecule has 0 saturated carbocycles. The predicted octanol–water partition coefficient (Wildman–Crippen LogP) is 2.33. The smallest absolute Gasteiger partial charge is 0.257 e.